The lowest BCUT2D eigenvalue weighted by Gasteiger charge is -2.07. The molecule has 0 radical (unpaired) electrons. The van der Waals surface area contributed by atoms with Gasteiger partial charge in [0, 0.05) is 11.1 Å². The Morgan fingerprint density at radius 2 is 2.07 bits per heavy atom. The van der Waals surface area contributed by atoms with E-state index in [1.165, 1.54) is 20.1 Å². The Kier molecular flexibility index (Phi) is 3.01. The first kappa shape index (κ1) is 10.4. The number of nitrogens with two attached hydrogens (primary N) is 1. The van der Waals surface area contributed by atoms with Gasteiger partial charge in [-0.25, -0.2) is 8.78 Å². The van der Waals surface area contributed by atoms with Gasteiger partial charge >= 0.3 is 0 Å². The summed E-state index contributed by atoms with van der Waals surface area (Å²) in [5.74, 6) is 3.19. The zero-order valence-electron chi connectivity index (χ0n) is 7.84. The third-order valence-corrected chi connectivity index (χ3v) is 1.87. The largest absolute Gasteiger partial charge is 0.496 e. The van der Waals surface area contributed by atoms with Crippen LogP contribution < -0.4 is 10.6 Å². The first-order valence-corrected chi connectivity index (χ1v) is 3.87. The summed E-state index contributed by atoms with van der Waals surface area (Å²) < 4.78 is 31.3. The number of hydrogen-bond acceptors (Lipinski definition) is 3. The lowest BCUT2D eigenvalue weighted by atomic mass is 10.1. The van der Waals surface area contributed by atoms with E-state index in [4.69, 9.17) is 10.6 Å². The second-order valence-corrected chi connectivity index (χ2v) is 2.70. The maximum atomic E-state index is 13.2. The van der Waals surface area contributed by atoms with Crippen molar-refractivity contribution in [1.82, 2.24) is 0 Å². The van der Waals surface area contributed by atoms with Gasteiger partial charge in [0.25, 0.3) is 0 Å². The average Bonchev–Trinajstić information content (AvgIpc) is 2.19. The Balaban J connectivity index is 3.40. The minimum atomic E-state index is -0.975. The summed E-state index contributed by atoms with van der Waals surface area (Å²) in [6.07, 6.45) is 1.03. The van der Waals surface area contributed by atoms with Crippen LogP contribution in [-0.4, -0.2) is 13.3 Å². The smallest absolute Gasteiger partial charge is 0.168 e. The molecule has 0 saturated heterocycles. The molecule has 0 bridgehead atoms. The number of benzene rings is 1. The molecule has 1 aromatic rings. The SMILES string of the molecule is COc1cc(C=NN)c(F)c(F)c1C. The normalized spacial score (nSPS) is 10.9. The van der Waals surface area contributed by atoms with E-state index in [0.29, 0.717) is 0 Å². The minimum Gasteiger partial charge on any atom is -0.496 e. The fourth-order valence-corrected chi connectivity index (χ4v) is 1.10. The van der Waals surface area contributed by atoms with E-state index in [1.807, 2.05) is 0 Å². The van der Waals surface area contributed by atoms with Gasteiger partial charge in [0.15, 0.2) is 11.6 Å². The van der Waals surface area contributed by atoms with E-state index in [0.717, 1.165) is 6.21 Å². The highest BCUT2D eigenvalue weighted by Gasteiger charge is 2.14. The van der Waals surface area contributed by atoms with Gasteiger partial charge in [0.2, 0.25) is 0 Å². The minimum absolute atomic E-state index is 0.0348. The number of hydrogen-bond donors (Lipinski definition) is 1. The third-order valence-electron chi connectivity index (χ3n) is 1.87. The van der Waals surface area contributed by atoms with Crippen molar-refractivity contribution in [2.24, 2.45) is 10.9 Å². The van der Waals surface area contributed by atoms with Crippen LogP contribution in [0.1, 0.15) is 11.1 Å². The number of methoxy groups -OCH3 is 1. The van der Waals surface area contributed by atoms with Gasteiger partial charge in [-0.15, -0.1) is 0 Å². The van der Waals surface area contributed by atoms with Crippen LogP contribution in [0.25, 0.3) is 0 Å². The molecule has 1 rings (SSSR count). The van der Waals surface area contributed by atoms with Crippen LogP contribution in [0.3, 0.4) is 0 Å². The maximum Gasteiger partial charge on any atom is 0.168 e. The van der Waals surface area contributed by atoms with Crippen LogP contribution in [0, 0.1) is 18.6 Å². The monoisotopic (exact) mass is 200 g/mol. The summed E-state index contributed by atoms with van der Waals surface area (Å²) in [5.41, 5.74) is 0.0895. The Labute approximate surface area is 80.2 Å². The molecule has 0 aliphatic rings. The molecule has 0 amide bonds. The molecule has 0 spiro atoms. The Hall–Kier alpha value is -1.65. The summed E-state index contributed by atoms with van der Waals surface area (Å²) in [4.78, 5) is 0. The first-order valence-electron chi connectivity index (χ1n) is 3.87. The molecule has 3 nitrogen and oxygen atoms in total. The lowest BCUT2D eigenvalue weighted by Crippen LogP contribution is -2.00. The standard InChI is InChI=1S/C9H10F2N2O/c1-5-7(14-2)3-6(4-13-12)9(11)8(5)10/h3-4H,12H2,1-2H3. The van der Waals surface area contributed by atoms with Crippen molar-refractivity contribution in [1.29, 1.82) is 0 Å². The van der Waals surface area contributed by atoms with Gasteiger partial charge in [-0.1, -0.05) is 0 Å². The molecular weight excluding hydrogens is 190 g/mol. The molecule has 0 aromatic heterocycles. The maximum absolute atomic E-state index is 13.2. The molecule has 0 aliphatic carbocycles. The predicted molar refractivity (Wildman–Crippen MR) is 49.4 cm³/mol. The van der Waals surface area contributed by atoms with E-state index in [9.17, 15) is 8.78 Å². The molecule has 0 unspecified atom stereocenters. The zero-order chi connectivity index (χ0) is 10.7. The molecule has 5 heteroatoms. The van der Waals surface area contributed by atoms with E-state index in [-0.39, 0.29) is 16.9 Å². The van der Waals surface area contributed by atoms with Crippen LogP contribution in [0.2, 0.25) is 0 Å². The molecule has 0 atom stereocenters. The Bertz CT molecular complexity index is 378. The summed E-state index contributed by atoms with van der Waals surface area (Å²) >= 11 is 0. The second-order valence-electron chi connectivity index (χ2n) is 2.70. The molecule has 0 aliphatic heterocycles. The number of rotatable bonds is 2. The number of hydrazone groups is 1. The highest BCUT2D eigenvalue weighted by Crippen LogP contribution is 2.24. The van der Waals surface area contributed by atoms with Crippen LogP contribution in [-0.2, 0) is 0 Å². The molecule has 0 heterocycles. The summed E-state index contributed by atoms with van der Waals surface area (Å²) in [6.45, 7) is 1.43. The van der Waals surface area contributed by atoms with E-state index >= 15 is 0 Å². The third kappa shape index (κ3) is 1.66. The van der Waals surface area contributed by atoms with Crippen LogP contribution in [0.15, 0.2) is 11.2 Å². The topological polar surface area (TPSA) is 47.6 Å². The van der Waals surface area contributed by atoms with Crippen molar-refractivity contribution < 1.29 is 13.5 Å². The Morgan fingerprint density at radius 3 is 2.57 bits per heavy atom. The quantitative estimate of drug-likeness (QED) is 0.447. The number of halogens is 2. The molecule has 76 valence electrons. The first-order chi connectivity index (χ1) is 6.61. The fraction of sp³-hybridized carbons (Fsp3) is 0.222. The van der Waals surface area contributed by atoms with E-state index in [1.54, 1.807) is 0 Å². The summed E-state index contributed by atoms with van der Waals surface area (Å²) in [6, 6.07) is 1.34. The van der Waals surface area contributed by atoms with Crippen molar-refractivity contribution >= 4 is 6.21 Å². The summed E-state index contributed by atoms with van der Waals surface area (Å²) in [7, 11) is 1.38. The van der Waals surface area contributed by atoms with E-state index < -0.39 is 11.6 Å². The van der Waals surface area contributed by atoms with Crippen molar-refractivity contribution in [2.75, 3.05) is 7.11 Å². The molecule has 0 saturated carbocycles. The van der Waals surface area contributed by atoms with Gasteiger partial charge < -0.3 is 10.6 Å². The summed E-state index contributed by atoms with van der Waals surface area (Å²) in [5, 5.41) is 3.13. The van der Waals surface area contributed by atoms with Crippen LogP contribution >= 0.6 is 0 Å². The highest BCUT2D eigenvalue weighted by molar-refractivity contribution is 5.80. The van der Waals surface area contributed by atoms with Gasteiger partial charge in [0.1, 0.15) is 5.75 Å². The van der Waals surface area contributed by atoms with Gasteiger partial charge in [-0.2, -0.15) is 5.10 Å². The zero-order valence-corrected chi connectivity index (χ0v) is 7.84. The van der Waals surface area contributed by atoms with Crippen LogP contribution in [0.5, 0.6) is 5.75 Å². The van der Waals surface area contributed by atoms with Crippen molar-refractivity contribution in [3.63, 3.8) is 0 Å². The van der Waals surface area contributed by atoms with Gasteiger partial charge in [-0.05, 0) is 13.0 Å². The number of nitrogens with zero attached hydrogens (tertiary/aromatic N) is 1. The molecule has 1 aromatic carbocycles. The number of ether oxygens (including phenoxy) is 1. The molecule has 0 fully saturated rings. The fourth-order valence-electron chi connectivity index (χ4n) is 1.10. The lowest BCUT2D eigenvalue weighted by molar-refractivity contribution is 0.401. The van der Waals surface area contributed by atoms with Crippen molar-refractivity contribution in [3.05, 3.63) is 28.8 Å². The average molecular weight is 200 g/mol. The predicted octanol–water partition coefficient (Wildman–Crippen LogP) is 1.57. The molecular formula is C9H10F2N2O. The van der Waals surface area contributed by atoms with E-state index in [2.05, 4.69) is 5.10 Å². The van der Waals surface area contributed by atoms with Crippen molar-refractivity contribution in [2.45, 2.75) is 6.92 Å². The Morgan fingerprint density at radius 1 is 1.43 bits per heavy atom. The highest BCUT2D eigenvalue weighted by atomic mass is 19.2. The van der Waals surface area contributed by atoms with Gasteiger partial charge in [-0.3, -0.25) is 0 Å². The van der Waals surface area contributed by atoms with Crippen molar-refractivity contribution in [3.8, 4) is 5.75 Å². The van der Waals surface area contributed by atoms with Gasteiger partial charge in [0.05, 0.1) is 13.3 Å². The van der Waals surface area contributed by atoms with Crippen LogP contribution in [0.4, 0.5) is 8.78 Å². The molecule has 14 heavy (non-hydrogen) atoms. The molecule has 2 N–H and O–H groups in total. The second kappa shape index (κ2) is 4.04.